The van der Waals surface area contributed by atoms with Crippen molar-refractivity contribution in [1.29, 1.82) is 0 Å². The minimum atomic E-state index is -0.0516. The smallest absolute Gasteiger partial charge is 0.253 e. The normalized spacial score (nSPS) is 10.2. The molecule has 0 bridgehead atoms. The highest BCUT2D eigenvalue weighted by atomic mass is 35.5. The number of halogens is 1. The molecule has 0 radical (unpaired) electrons. The van der Waals surface area contributed by atoms with E-state index in [-0.39, 0.29) is 11.7 Å². The van der Waals surface area contributed by atoms with Crippen molar-refractivity contribution in [3.8, 4) is 5.75 Å². The van der Waals surface area contributed by atoms with Gasteiger partial charge in [0.05, 0.1) is 5.02 Å². The van der Waals surface area contributed by atoms with Gasteiger partial charge in [0.15, 0.2) is 0 Å². The number of para-hydroxylation sites is 1. The molecule has 2 aromatic rings. The maximum Gasteiger partial charge on any atom is 0.253 e. The first-order valence-corrected chi connectivity index (χ1v) is 6.89. The van der Waals surface area contributed by atoms with Crippen LogP contribution >= 0.6 is 11.6 Å². The van der Waals surface area contributed by atoms with E-state index in [9.17, 15) is 9.90 Å². The molecule has 2 aromatic carbocycles. The molecule has 0 spiro atoms. The quantitative estimate of drug-likeness (QED) is 0.910. The van der Waals surface area contributed by atoms with E-state index in [2.05, 4.69) is 5.32 Å². The molecule has 0 aliphatic carbocycles. The number of carbonyl (C=O) groups excluding carboxylic acids is 1. The van der Waals surface area contributed by atoms with E-state index in [1.54, 1.807) is 44.4 Å². The Labute approximate surface area is 129 Å². The topological polar surface area (TPSA) is 52.6 Å². The lowest BCUT2D eigenvalue weighted by molar-refractivity contribution is 0.0827. The summed E-state index contributed by atoms with van der Waals surface area (Å²) in [6, 6.07) is 12.4. The molecular weight excluding hydrogens is 288 g/mol. The number of benzene rings is 2. The number of nitrogens with zero attached hydrogens (tertiary/aromatic N) is 1. The minimum absolute atomic E-state index is 0.0516. The highest BCUT2D eigenvalue weighted by Crippen LogP contribution is 2.27. The highest BCUT2D eigenvalue weighted by Gasteiger charge is 2.09. The number of rotatable bonds is 4. The molecule has 0 saturated carbocycles. The maximum atomic E-state index is 11.9. The molecule has 0 aliphatic rings. The van der Waals surface area contributed by atoms with Crippen LogP contribution in [0.3, 0.4) is 0 Å². The van der Waals surface area contributed by atoms with Crippen molar-refractivity contribution in [3.05, 3.63) is 58.6 Å². The van der Waals surface area contributed by atoms with Crippen molar-refractivity contribution in [2.24, 2.45) is 0 Å². The van der Waals surface area contributed by atoms with Gasteiger partial charge in [0.2, 0.25) is 0 Å². The highest BCUT2D eigenvalue weighted by molar-refractivity contribution is 6.32. The van der Waals surface area contributed by atoms with Gasteiger partial charge in [-0.05, 0) is 24.3 Å². The fourth-order valence-corrected chi connectivity index (χ4v) is 2.11. The van der Waals surface area contributed by atoms with Crippen LogP contribution in [-0.2, 0) is 6.54 Å². The Morgan fingerprint density at radius 2 is 1.95 bits per heavy atom. The van der Waals surface area contributed by atoms with Crippen LogP contribution in [0.2, 0.25) is 5.02 Å². The van der Waals surface area contributed by atoms with Crippen molar-refractivity contribution in [2.75, 3.05) is 19.4 Å². The SMILES string of the molecule is CN(C)C(=O)c1cccc(NCc2cccc(Cl)c2O)c1. The van der Waals surface area contributed by atoms with Gasteiger partial charge < -0.3 is 15.3 Å². The van der Waals surface area contributed by atoms with Gasteiger partial charge >= 0.3 is 0 Å². The Morgan fingerprint density at radius 1 is 1.24 bits per heavy atom. The summed E-state index contributed by atoms with van der Waals surface area (Å²) in [4.78, 5) is 13.4. The largest absolute Gasteiger partial charge is 0.506 e. The van der Waals surface area contributed by atoms with Crippen LogP contribution in [-0.4, -0.2) is 30.0 Å². The van der Waals surface area contributed by atoms with Crippen molar-refractivity contribution >= 4 is 23.2 Å². The third kappa shape index (κ3) is 3.67. The summed E-state index contributed by atoms with van der Waals surface area (Å²) in [6.45, 7) is 0.423. The number of phenols is 1. The van der Waals surface area contributed by atoms with Gasteiger partial charge in [-0.25, -0.2) is 0 Å². The molecule has 5 heteroatoms. The van der Waals surface area contributed by atoms with Crippen molar-refractivity contribution in [2.45, 2.75) is 6.54 Å². The molecule has 1 amide bonds. The molecule has 0 unspecified atom stereocenters. The molecule has 0 saturated heterocycles. The van der Waals surface area contributed by atoms with Crippen molar-refractivity contribution in [1.82, 2.24) is 4.90 Å². The third-order valence-corrected chi connectivity index (χ3v) is 3.37. The molecule has 0 atom stereocenters. The van der Waals surface area contributed by atoms with E-state index in [1.165, 1.54) is 4.90 Å². The molecule has 2 rings (SSSR count). The summed E-state index contributed by atoms with van der Waals surface area (Å²) in [5.74, 6) is 0.0245. The van der Waals surface area contributed by atoms with Gasteiger partial charge in [-0.15, -0.1) is 0 Å². The van der Waals surface area contributed by atoms with Crippen LogP contribution in [0.15, 0.2) is 42.5 Å². The van der Waals surface area contributed by atoms with E-state index in [1.807, 2.05) is 12.1 Å². The molecule has 110 valence electrons. The monoisotopic (exact) mass is 304 g/mol. The average molecular weight is 305 g/mol. The first-order valence-electron chi connectivity index (χ1n) is 6.51. The number of aromatic hydroxyl groups is 1. The number of carbonyl (C=O) groups is 1. The fourth-order valence-electron chi connectivity index (χ4n) is 1.92. The Hall–Kier alpha value is -2.20. The molecule has 0 aliphatic heterocycles. The molecule has 0 heterocycles. The Balaban J connectivity index is 2.12. The lowest BCUT2D eigenvalue weighted by Gasteiger charge is -2.13. The predicted molar refractivity (Wildman–Crippen MR) is 84.9 cm³/mol. The van der Waals surface area contributed by atoms with Crippen LogP contribution in [0.5, 0.6) is 5.75 Å². The Bertz CT molecular complexity index is 656. The Morgan fingerprint density at radius 3 is 2.67 bits per heavy atom. The summed E-state index contributed by atoms with van der Waals surface area (Å²) in [7, 11) is 3.43. The third-order valence-electron chi connectivity index (χ3n) is 3.07. The first kappa shape index (κ1) is 15.2. The summed E-state index contributed by atoms with van der Waals surface area (Å²) in [5.41, 5.74) is 2.12. The predicted octanol–water partition coefficient (Wildman–Crippen LogP) is 3.36. The summed E-state index contributed by atoms with van der Waals surface area (Å²) < 4.78 is 0. The van der Waals surface area contributed by atoms with Crippen LogP contribution in [0.1, 0.15) is 15.9 Å². The number of amides is 1. The van der Waals surface area contributed by atoms with Crippen LogP contribution in [0, 0.1) is 0 Å². The van der Waals surface area contributed by atoms with E-state index in [0.717, 1.165) is 5.69 Å². The second-order valence-corrected chi connectivity index (χ2v) is 5.29. The van der Waals surface area contributed by atoms with Gasteiger partial charge in [0.1, 0.15) is 5.75 Å². The second kappa shape index (κ2) is 6.50. The maximum absolute atomic E-state index is 11.9. The minimum Gasteiger partial charge on any atom is -0.506 e. The fraction of sp³-hybridized carbons (Fsp3) is 0.188. The zero-order valence-electron chi connectivity index (χ0n) is 11.9. The van der Waals surface area contributed by atoms with Crippen molar-refractivity contribution in [3.63, 3.8) is 0 Å². The zero-order valence-corrected chi connectivity index (χ0v) is 12.7. The van der Waals surface area contributed by atoms with Gasteiger partial charge in [-0.2, -0.15) is 0 Å². The number of phenolic OH excluding ortho intramolecular Hbond substituents is 1. The van der Waals surface area contributed by atoms with Gasteiger partial charge in [-0.1, -0.05) is 29.8 Å². The second-order valence-electron chi connectivity index (χ2n) is 4.88. The summed E-state index contributed by atoms with van der Waals surface area (Å²) >= 11 is 5.87. The van der Waals surface area contributed by atoms with Gasteiger partial charge in [0.25, 0.3) is 5.91 Å². The number of anilines is 1. The van der Waals surface area contributed by atoms with Gasteiger partial charge in [0, 0.05) is 37.5 Å². The first-order chi connectivity index (χ1) is 9.99. The molecule has 21 heavy (non-hydrogen) atoms. The zero-order chi connectivity index (χ0) is 15.4. The number of hydrogen-bond donors (Lipinski definition) is 2. The van der Waals surface area contributed by atoms with E-state index >= 15 is 0 Å². The number of nitrogens with one attached hydrogen (secondary N) is 1. The average Bonchev–Trinajstić information content (AvgIpc) is 2.48. The number of hydrogen-bond acceptors (Lipinski definition) is 3. The van der Waals surface area contributed by atoms with E-state index in [0.29, 0.717) is 22.7 Å². The van der Waals surface area contributed by atoms with Crippen LogP contribution in [0.25, 0.3) is 0 Å². The van der Waals surface area contributed by atoms with Crippen LogP contribution < -0.4 is 5.32 Å². The lowest BCUT2D eigenvalue weighted by atomic mass is 10.1. The summed E-state index contributed by atoms with van der Waals surface area (Å²) in [5, 5.41) is 13.4. The van der Waals surface area contributed by atoms with E-state index < -0.39 is 0 Å². The Kier molecular flexibility index (Phi) is 4.70. The van der Waals surface area contributed by atoms with E-state index in [4.69, 9.17) is 11.6 Å². The van der Waals surface area contributed by atoms with Crippen molar-refractivity contribution < 1.29 is 9.90 Å². The molecule has 0 fully saturated rings. The van der Waals surface area contributed by atoms with Gasteiger partial charge in [-0.3, -0.25) is 4.79 Å². The lowest BCUT2D eigenvalue weighted by Crippen LogP contribution is -2.21. The molecular formula is C16H17ClN2O2. The summed E-state index contributed by atoms with van der Waals surface area (Å²) in [6.07, 6.45) is 0. The molecule has 4 nitrogen and oxygen atoms in total. The van der Waals surface area contributed by atoms with Crippen LogP contribution in [0.4, 0.5) is 5.69 Å². The standard InChI is InChI=1S/C16H17ClN2O2/c1-19(2)16(21)11-5-3-7-13(9-11)18-10-12-6-4-8-14(17)15(12)20/h3-9,18,20H,10H2,1-2H3. The molecule has 0 aromatic heterocycles. The molecule has 2 N–H and O–H groups in total.